The van der Waals surface area contributed by atoms with Crippen LogP contribution in [0.1, 0.15) is 0 Å². The second-order valence-electron chi connectivity index (χ2n) is 0. The first-order valence-electron chi connectivity index (χ1n) is 0. The molecule has 0 amide bonds. The van der Waals surface area contributed by atoms with E-state index in [1.807, 2.05) is 0 Å². The Morgan fingerprint density at radius 2 is 0.222 bits per heavy atom. The minimum atomic E-state index is 0. The van der Waals surface area contributed by atoms with Gasteiger partial charge in [0.2, 0.25) is 0 Å². The zero-order valence-electron chi connectivity index (χ0n) is 1.67. The van der Waals surface area contributed by atoms with Gasteiger partial charge < -0.3 is 0 Å². The van der Waals surface area contributed by atoms with Crippen LogP contribution < -0.4 is 0 Å². The summed E-state index contributed by atoms with van der Waals surface area (Å²) in [5.74, 6) is 0. The molecule has 0 N–H and O–H groups in total. The molecular formula is H16Ge4Tb5. The molecule has 0 heterocycles. The van der Waals surface area contributed by atoms with Crippen LogP contribution in [0.3, 0.4) is 0 Å². The van der Waals surface area contributed by atoms with Gasteiger partial charge in [0.1, 0.15) is 0 Å². The van der Waals surface area contributed by atoms with Crippen molar-refractivity contribution in [3.05, 3.63) is 0 Å². The van der Waals surface area contributed by atoms with Crippen molar-refractivity contribution in [1.29, 1.82) is 0 Å². The maximum Gasteiger partial charge on any atom is 0 e. The zero-order chi connectivity index (χ0) is 0. The molecule has 0 saturated carbocycles. The van der Waals surface area contributed by atoms with Gasteiger partial charge in [0.05, 0.1) is 0 Å². The average Bonchev–Trinajstić information content (AvgIpc) is 0. The smallest absolute Gasteiger partial charge is 0 e. The van der Waals surface area contributed by atoms with Crippen LogP contribution in [-0.4, -0.2) is 70.4 Å². The summed E-state index contributed by atoms with van der Waals surface area (Å²) >= 11 is 0. The molecule has 77 valence electrons. The summed E-state index contributed by atoms with van der Waals surface area (Å²) < 4.78 is 0. The van der Waals surface area contributed by atoms with Crippen LogP contribution in [0.5, 0.6) is 0 Å². The van der Waals surface area contributed by atoms with Crippen LogP contribution in [0.2, 0.25) is 0 Å². The molecule has 0 aromatic carbocycles. The zero-order valence-corrected chi connectivity index (χ0v) is 12.4. The molecule has 0 spiro atoms. The van der Waals surface area contributed by atoms with E-state index in [-0.39, 0.29) is 263 Å². The standard InChI is InChI=1S/4GeH4.5Tb/h4*1H4;;;;;. The SMILES string of the molecule is [GeH4].[GeH4].[GeH4].[GeH4].[Tb].[Tb].[Tb].[Tb].[Tb]. The fourth-order valence-electron chi connectivity index (χ4n) is 0. The van der Waals surface area contributed by atoms with Crippen LogP contribution >= 0.6 is 0 Å². The topological polar surface area (TPSA) is 0 Å². The Hall–Kier alpha value is 8.60. The Kier molecular flexibility index (Phi) is 398. The Morgan fingerprint density at radius 1 is 0.222 bits per heavy atom. The fourth-order valence-corrected chi connectivity index (χ4v) is 0. The molecule has 9 heavy (non-hydrogen) atoms. The van der Waals surface area contributed by atoms with E-state index in [1.54, 1.807) is 0 Å². The van der Waals surface area contributed by atoms with Gasteiger partial charge in [0.25, 0.3) is 0 Å². The molecule has 0 atom stereocenters. The van der Waals surface area contributed by atoms with Crippen molar-refractivity contribution in [3.8, 4) is 0 Å². The molecule has 0 fully saturated rings. The molecule has 9 heteroatoms. The van der Waals surface area contributed by atoms with E-state index in [0.717, 1.165) is 0 Å². The van der Waals surface area contributed by atoms with E-state index in [0.29, 0.717) is 0 Å². The summed E-state index contributed by atoms with van der Waals surface area (Å²) in [5.41, 5.74) is 0. The summed E-state index contributed by atoms with van der Waals surface area (Å²) in [6, 6.07) is 0. The van der Waals surface area contributed by atoms with Gasteiger partial charge in [-0.2, -0.15) is 0 Å². The third-order valence-electron chi connectivity index (χ3n) is 0. The van der Waals surface area contributed by atoms with Gasteiger partial charge in [-0.25, -0.2) is 0 Å². The van der Waals surface area contributed by atoms with Gasteiger partial charge in [-0.1, -0.05) is 0 Å². The number of rotatable bonds is 0. The summed E-state index contributed by atoms with van der Waals surface area (Å²) in [4.78, 5) is 0. The molecule has 0 bridgehead atoms. The molecule has 0 aromatic rings. The normalized spacial score (nSPS) is 0. The quantitative estimate of drug-likeness (QED) is 0.213. The van der Waals surface area contributed by atoms with E-state index in [2.05, 4.69) is 0 Å². The van der Waals surface area contributed by atoms with Crippen LogP contribution in [0.25, 0.3) is 0 Å². The van der Waals surface area contributed by atoms with E-state index in [1.165, 1.54) is 0 Å². The predicted octanol–water partition coefficient (Wildman–Crippen LogP) is -5.81. The van der Waals surface area contributed by atoms with Crippen molar-refractivity contribution < 1.29 is 193 Å². The Balaban J connectivity index is 0. The first-order chi connectivity index (χ1) is 0. The summed E-state index contributed by atoms with van der Waals surface area (Å²) in [6.45, 7) is 0. The summed E-state index contributed by atoms with van der Waals surface area (Å²) in [6.07, 6.45) is 0. The predicted molar refractivity (Wildman–Crippen MR) is 45.3 cm³/mol. The largest absolute Gasteiger partial charge is 0 e. The second-order valence-corrected chi connectivity index (χ2v) is 0. The average molecular weight is 1100 g/mol. The van der Waals surface area contributed by atoms with E-state index in [4.69, 9.17) is 0 Å². The minimum absolute atomic E-state index is 0. The maximum atomic E-state index is 0. The van der Waals surface area contributed by atoms with E-state index >= 15 is 0 Å². The molecule has 0 unspecified atom stereocenters. The third kappa shape index (κ3) is 47.8. The van der Waals surface area contributed by atoms with Crippen LogP contribution in [0.15, 0.2) is 0 Å². The maximum absolute atomic E-state index is 0. The summed E-state index contributed by atoms with van der Waals surface area (Å²) in [5, 5.41) is 0. The van der Waals surface area contributed by atoms with E-state index < -0.39 is 0 Å². The molecule has 0 aliphatic rings. The first kappa shape index (κ1) is 65.6. The molecule has 0 saturated heterocycles. The van der Waals surface area contributed by atoms with Crippen molar-refractivity contribution in [3.63, 3.8) is 0 Å². The number of hydrogen-bond donors (Lipinski definition) is 0. The van der Waals surface area contributed by atoms with Crippen molar-refractivity contribution in [1.82, 2.24) is 0 Å². The van der Waals surface area contributed by atoms with Crippen LogP contribution in [0.4, 0.5) is 0 Å². The minimum Gasteiger partial charge on any atom is 0 e. The molecule has 0 nitrogen and oxygen atoms in total. The molecule has 0 aliphatic heterocycles. The monoisotopic (exact) mass is 1110 g/mol. The molecule has 0 rings (SSSR count). The Morgan fingerprint density at radius 3 is 0.222 bits per heavy atom. The van der Waals surface area contributed by atoms with Crippen molar-refractivity contribution in [2.75, 3.05) is 0 Å². The van der Waals surface area contributed by atoms with Gasteiger partial charge in [-0.3, -0.25) is 0 Å². The van der Waals surface area contributed by atoms with Crippen LogP contribution in [0, 0.1) is 193 Å². The van der Waals surface area contributed by atoms with E-state index in [9.17, 15) is 0 Å². The van der Waals surface area contributed by atoms with Crippen molar-refractivity contribution in [2.45, 2.75) is 0 Å². The molecular weight excluding hydrogens is 1090 g/mol. The third-order valence-corrected chi connectivity index (χ3v) is 0. The molecule has 0 aliphatic carbocycles. The Bertz CT molecular complexity index is 8.92. The van der Waals surface area contributed by atoms with Gasteiger partial charge in [-0.05, 0) is 0 Å². The molecule has 0 aromatic heterocycles. The van der Waals surface area contributed by atoms with Gasteiger partial charge in [-0.15, -0.1) is 0 Å². The van der Waals surface area contributed by atoms with Gasteiger partial charge in [0, 0.05) is 193 Å². The fraction of sp³-hybridized carbons (Fsp3) is 0. The van der Waals surface area contributed by atoms with Crippen molar-refractivity contribution >= 4 is 70.4 Å². The Labute approximate surface area is 254 Å². The van der Waals surface area contributed by atoms with Crippen LogP contribution in [-0.2, 0) is 0 Å². The first-order valence-corrected chi connectivity index (χ1v) is 0. The number of hydrogen-bond acceptors (Lipinski definition) is 0. The summed E-state index contributed by atoms with van der Waals surface area (Å²) in [7, 11) is 0. The second kappa shape index (κ2) is 54.6. The molecule has 5 radical (unpaired) electrons. The van der Waals surface area contributed by atoms with Gasteiger partial charge in [0.15, 0.2) is 0 Å². The van der Waals surface area contributed by atoms with Crippen molar-refractivity contribution in [2.24, 2.45) is 0 Å². The van der Waals surface area contributed by atoms with Gasteiger partial charge >= 0.3 is 70.4 Å².